The minimum atomic E-state index is -0.913. The van der Waals surface area contributed by atoms with Crippen molar-refractivity contribution < 1.29 is 19.5 Å². The quantitative estimate of drug-likeness (QED) is 0.612. The zero-order chi connectivity index (χ0) is 18.7. The highest BCUT2D eigenvalue weighted by Gasteiger charge is 2.51. The predicted molar refractivity (Wildman–Crippen MR) is 96.6 cm³/mol. The molecule has 4 fully saturated rings. The molecule has 0 aromatic carbocycles. The zero-order valence-corrected chi connectivity index (χ0v) is 15.6. The fourth-order valence-electron chi connectivity index (χ4n) is 5.68. The third-order valence-electron chi connectivity index (χ3n) is 6.37. The van der Waals surface area contributed by atoms with Gasteiger partial charge in [0.1, 0.15) is 0 Å². The van der Waals surface area contributed by atoms with E-state index in [-0.39, 0.29) is 43.4 Å². The number of carboxylic acid groups (broad SMARTS) is 1. The molecule has 0 heterocycles. The molecule has 4 aliphatic rings. The molecular weight excluding hydrogens is 334 g/mol. The van der Waals surface area contributed by atoms with Gasteiger partial charge in [0.05, 0.1) is 6.42 Å². The van der Waals surface area contributed by atoms with Crippen LogP contribution in [0.3, 0.4) is 0 Å². The number of urea groups is 1. The normalized spacial score (nSPS) is 31.5. The van der Waals surface area contributed by atoms with Gasteiger partial charge >= 0.3 is 12.0 Å². The van der Waals surface area contributed by atoms with Gasteiger partial charge in [0, 0.05) is 31.6 Å². The molecule has 4 saturated carbocycles. The molecule has 0 unspecified atom stereocenters. The van der Waals surface area contributed by atoms with Crippen molar-refractivity contribution in [1.29, 1.82) is 0 Å². The van der Waals surface area contributed by atoms with Gasteiger partial charge in [0.15, 0.2) is 0 Å². The summed E-state index contributed by atoms with van der Waals surface area (Å²) in [6, 6.07) is -0.173. The number of aliphatic carboxylic acids is 1. The Balaban J connectivity index is 1.40. The van der Waals surface area contributed by atoms with Crippen molar-refractivity contribution in [1.82, 2.24) is 15.5 Å². The number of nitrogens with zero attached hydrogens (tertiary/aromatic N) is 1. The van der Waals surface area contributed by atoms with Gasteiger partial charge in [-0.05, 0) is 63.2 Å². The van der Waals surface area contributed by atoms with E-state index >= 15 is 0 Å². The van der Waals surface area contributed by atoms with Crippen LogP contribution >= 0.6 is 0 Å². The Kier molecular flexibility index (Phi) is 5.73. The maximum atomic E-state index is 12.3. The highest BCUT2D eigenvalue weighted by Crippen LogP contribution is 2.55. The van der Waals surface area contributed by atoms with Crippen LogP contribution < -0.4 is 10.6 Å². The average Bonchev–Trinajstić information content (AvgIpc) is 2.53. The van der Waals surface area contributed by atoms with E-state index in [1.165, 1.54) is 24.2 Å². The second-order valence-electron chi connectivity index (χ2n) is 8.45. The van der Waals surface area contributed by atoms with Crippen LogP contribution in [-0.2, 0) is 9.59 Å². The molecule has 3 amide bonds. The fourth-order valence-corrected chi connectivity index (χ4v) is 5.68. The second-order valence-corrected chi connectivity index (χ2v) is 8.45. The van der Waals surface area contributed by atoms with Crippen molar-refractivity contribution in [2.45, 2.75) is 63.8 Å². The number of carboxylic acids is 1. The number of hydrogen-bond donors (Lipinski definition) is 3. The van der Waals surface area contributed by atoms with E-state index in [0.717, 1.165) is 37.0 Å². The van der Waals surface area contributed by atoms with Crippen LogP contribution in [0.2, 0.25) is 0 Å². The maximum absolute atomic E-state index is 12.3. The van der Waals surface area contributed by atoms with Gasteiger partial charge < -0.3 is 20.6 Å². The van der Waals surface area contributed by atoms with E-state index in [9.17, 15) is 14.4 Å². The Morgan fingerprint density at radius 2 is 1.62 bits per heavy atom. The Hall–Kier alpha value is -1.79. The number of hydrogen-bond acceptors (Lipinski definition) is 3. The summed E-state index contributed by atoms with van der Waals surface area (Å²) < 4.78 is 0. The number of nitrogens with one attached hydrogen (secondary N) is 2. The van der Waals surface area contributed by atoms with Crippen LogP contribution in [-0.4, -0.2) is 53.1 Å². The summed E-state index contributed by atoms with van der Waals surface area (Å²) in [6.45, 7) is 2.79. The summed E-state index contributed by atoms with van der Waals surface area (Å²) in [7, 11) is 0. The van der Waals surface area contributed by atoms with Gasteiger partial charge in [-0.15, -0.1) is 0 Å². The van der Waals surface area contributed by atoms with Gasteiger partial charge in [-0.1, -0.05) is 0 Å². The molecule has 0 aromatic heterocycles. The van der Waals surface area contributed by atoms with Gasteiger partial charge in [-0.2, -0.15) is 0 Å². The highest BCUT2D eigenvalue weighted by molar-refractivity contribution is 5.79. The lowest BCUT2D eigenvalue weighted by Gasteiger charge is -2.56. The lowest BCUT2D eigenvalue weighted by molar-refractivity contribution is -0.138. The molecule has 0 aromatic rings. The van der Waals surface area contributed by atoms with Crippen molar-refractivity contribution in [2.75, 3.05) is 19.6 Å². The first kappa shape index (κ1) is 19.0. The topological polar surface area (TPSA) is 98.7 Å². The summed E-state index contributed by atoms with van der Waals surface area (Å²) in [6.07, 6.45) is 7.44. The second kappa shape index (κ2) is 7.84. The molecule has 0 aliphatic heterocycles. The highest BCUT2D eigenvalue weighted by atomic mass is 16.4. The number of amides is 3. The monoisotopic (exact) mass is 365 g/mol. The minimum Gasteiger partial charge on any atom is -0.481 e. The van der Waals surface area contributed by atoms with Crippen LogP contribution in [0.15, 0.2) is 0 Å². The van der Waals surface area contributed by atoms with E-state index in [1.807, 2.05) is 6.92 Å². The van der Waals surface area contributed by atoms with Gasteiger partial charge in [0.25, 0.3) is 0 Å². The SMILES string of the molecule is CCN(CCC(=O)O)C(=O)CCNC(=O)NC12CC3CC(CC(C3)C1)C2. The van der Waals surface area contributed by atoms with Crippen LogP contribution in [0.25, 0.3) is 0 Å². The van der Waals surface area contributed by atoms with Crippen LogP contribution in [0, 0.1) is 17.8 Å². The fraction of sp³-hybridized carbons (Fsp3) is 0.842. The van der Waals surface area contributed by atoms with Crippen LogP contribution in [0.4, 0.5) is 4.79 Å². The Morgan fingerprint density at radius 1 is 1.04 bits per heavy atom. The average molecular weight is 365 g/mol. The molecule has 4 rings (SSSR count). The lowest BCUT2D eigenvalue weighted by atomic mass is 9.53. The summed E-state index contributed by atoms with van der Waals surface area (Å²) in [5.74, 6) is 1.29. The molecule has 4 bridgehead atoms. The molecule has 0 spiro atoms. The Bertz CT molecular complexity index is 528. The third-order valence-corrected chi connectivity index (χ3v) is 6.37. The molecule has 3 N–H and O–H groups in total. The van der Waals surface area contributed by atoms with Crippen molar-refractivity contribution in [2.24, 2.45) is 17.8 Å². The summed E-state index contributed by atoms with van der Waals surface area (Å²) in [5.41, 5.74) is -0.0280. The van der Waals surface area contributed by atoms with Gasteiger partial charge in [-0.3, -0.25) is 9.59 Å². The zero-order valence-electron chi connectivity index (χ0n) is 15.6. The maximum Gasteiger partial charge on any atom is 0.315 e. The van der Waals surface area contributed by atoms with Crippen molar-refractivity contribution in [3.8, 4) is 0 Å². The predicted octanol–water partition coefficient (Wildman–Crippen LogP) is 1.97. The largest absolute Gasteiger partial charge is 0.481 e. The summed E-state index contributed by atoms with van der Waals surface area (Å²) in [4.78, 5) is 36.6. The van der Waals surface area contributed by atoms with E-state index in [2.05, 4.69) is 10.6 Å². The summed E-state index contributed by atoms with van der Waals surface area (Å²) >= 11 is 0. The molecule has 4 aliphatic carbocycles. The molecular formula is C19H31N3O4. The smallest absolute Gasteiger partial charge is 0.315 e. The third kappa shape index (κ3) is 4.48. The number of carbonyl (C=O) groups excluding carboxylic acids is 2. The van der Waals surface area contributed by atoms with Crippen molar-refractivity contribution in [3.05, 3.63) is 0 Å². The van der Waals surface area contributed by atoms with Crippen molar-refractivity contribution in [3.63, 3.8) is 0 Å². The van der Waals surface area contributed by atoms with Gasteiger partial charge in [0.2, 0.25) is 5.91 Å². The number of carbonyl (C=O) groups is 3. The molecule has 146 valence electrons. The van der Waals surface area contributed by atoms with Crippen LogP contribution in [0.5, 0.6) is 0 Å². The molecule has 0 saturated heterocycles. The Morgan fingerprint density at radius 3 is 2.12 bits per heavy atom. The summed E-state index contributed by atoms with van der Waals surface area (Å²) in [5, 5.41) is 14.8. The first-order chi connectivity index (χ1) is 12.4. The Labute approximate surface area is 154 Å². The van der Waals surface area contributed by atoms with E-state index in [1.54, 1.807) is 0 Å². The van der Waals surface area contributed by atoms with Crippen molar-refractivity contribution >= 4 is 17.9 Å². The molecule has 0 atom stereocenters. The molecule has 7 nitrogen and oxygen atoms in total. The molecule has 0 radical (unpaired) electrons. The van der Waals surface area contributed by atoms with Gasteiger partial charge in [-0.25, -0.2) is 4.79 Å². The van der Waals surface area contributed by atoms with E-state index in [0.29, 0.717) is 6.54 Å². The van der Waals surface area contributed by atoms with E-state index in [4.69, 9.17) is 5.11 Å². The van der Waals surface area contributed by atoms with E-state index < -0.39 is 5.97 Å². The first-order valence-electron chi connectivity index (χ1n) is 9.94. The van der Waals surface area contributed by atoms with Crippen LogP contribution in [0.1, 0.15) is 58.3 Å². The lowest BCUT2D eigenvalue weighted by Crippen LogP contribution is -2.61. The standard InChI is InChI=1S/C19H31N3O4/c1-2-22(6-4-17(24)25)16(23)3-5-20-18(26)21-19-10-13-7-14(11-19)9-15(8-13)12-19/h13-15H,2-12H2,1H3,(H,24,25)(H2,20,21,26). The first-order valence-corrected chi connectivity index (χ1v) is 9.94. The number of rotatable bonds is 8. The molecule has 26 heavy (non-hydrogen) atoms. The minimum absolute atomic E-state index is 0.0280. The molecule has 7 heteroatoms.